The predicted molar refractivity (Wildman–Crippen MR) is 85.6 cm³/mol. The van der Waals surface area contributed by atoms with Crippen molar-refractivity contribution < 1.29 is 28.9 Å². The van der Waals surface area contributed by atoms with E-state index in [9.17, 15) is 9.59 Å². The van der Waals surface area contributed by atoms with Gasteiger partial charge in [0.15, 0.2) is 11.5 Å². The summed E-state index contributed by atoms with van der Waals surface area (Å²) in [4.78, 5) is 23.2. The predicted octanol–water partition coefficient (Wildman–Crippen LogP) is 3.38. The zero-order chi connectivity index (χ0) is 17.0. The number of rotatable bonds is 5. The normalized spacial score (nSPS) is 10.0. The summed E-state index contributed by atoms with van der Waals surface area (Å²) in [7, 11) is 2.89. The van der Waals surface area contributed by atoms with Crippen LogP contribution < -0.4 is 14.2 Å². The van der Waals surface area contributed by atoms with E-state index in [1.54, 1.807) is 24.3 Å². The summed E-state index contributed by atoms with van der Waals surface area (Å²) in [5, 5.41) is 9.03. The van der Waals surface area contributed by atoms with Gasteiger partial charge in [-0.25, -0.2) is 9.59 Å². The van der Waals surface area contributed by atoms with Crippen LogP contribution in [0.15, 0.2) is 40.9 Å². The van der Waals surface area contributed by atoms with Crippen LogP contribution in [-0.2, 0) is 0 Å². The molecule has 0 spiro atoms. The molecule has 23 heavy (non-hydrogen) atoms. The fourth-order valence-electron chi connectivity index (χ4n) is 1.82. The lowest BCUT2D eigenvalue weighted by atomic mass is 10.2. The first-order chi connectivity index (χ1) is 11.0. The largest absolute Gasteiger partial charge is 0.497 e. The molecular formula is C16H13BrO6. The minimum atomic E-state index is -1.11. The van der Waals surface area contributed by atoms with Crippen LogP contribution in [0.25, 0.3) is 0 Å². The molecule has 0 heterocycles. The van der Waals surface area contributed by atoms with Gasteiger partial charge >= 0.3 is 11.9 Å². The number of halogens is 1. The Morgan fingerprint density at radius 1 is 1.00 bits per heavy atom. The second kappa shape index (κ2) is 7.15. The first-order valence-electron chi connectivity index (χ1n) is 6.43. The van der Waals surface area contributed by atoms with Crippen LogP contribution in [0.4, 0.5) is 0 Å². The van der Waals surface area contributed by atoms with E-state index in [0.29, 0.717) is 15.8 Å². The fourth-order valence-corrected chi connectivity index (χ4v) is 2.34. The quantitative estimate of drug-likeness (QED) is 0.632. The molecule has 0 atom stereocenters. The van der Waals surface area contributed by atoms with Crippen molar-refractivity contribution in [3.8, 4) is 17.2 Å². The van der Waals surface area contributed by atoms with Crippen molar-refractivity contribution in [1.29, 1.82) is 0 Å². The Hall–Kier alpha value is -2.54. The van der Waals surface area contributed by atoms with Crippen molar-refractivity contribution in [3.63, 3.8) is 0 Å². The van der Waals surface area contributed by atoms with Crippen LogP contribution in [-0.4, -0.2) is 31.3 Å². The smallest absolute Gasteiger partial charge is 0.343 e. The van der Waals surface area contributed by atoms with Crippen LogP contribution in [0.1, 0.15) is 20.7 Å². The molecule has 2 aromatic carbocycles. The van der Waals surface area contributed by atoms with Crippen molar-refractivity contribution >= 4 is 27.9 Å². The number of carboxylic acid groups (broad SMARTS) is 1. The van der Waals surface area contributed by atoms with E-state index in [-0.39, 0.29) is 17.1 Å². The van der Waals surface area contributed by atoms with Gasteiger partial charge in [0.25, 0.3) is 0 Å². The van der Waals surface area contributed by atoms with E-state index >= 15 is 0 Å². The summed E-state index contributed by atoms with van der Waals surface area (Å²) < 4.78 is 15.7. The Morgan fingerprint density at radius 3 is 2.17 bits per heavy atom. The molecule has 0 fully saturated rings. The molecule has 0 aliphatic heterocycles. The Labute approximate surface area is 140 Å². The molecule has 0 bridgehead atoms. The molecule has 0 radical (unpaired) electrons. The zero-order valence-electron chi connectivity index (χ0n) is 12.3. The molecule has 120 valence electrons. The standard InChI is InChI=1S/C16H13BrO6/c1-21-11-5-3-9(4-6-11)16(20)23-14-12(17)7-10(15(18)19)8-13(14)22-2/h3-8H,1-2H3,(H,18,19). The van der Waals surface area contributed by atoms with Gasteiger partial charge in [0.05, 0.1) is 29.8 Å². The van der Waals surface area contributed by atoms with Gasteiger partial charge in [-0.15, -0.1) is 0 Å². The van der Waals surface area contributed by atoms with Crippen LogP contribution in [0, 0.1) is 0 Å². The maximum atomic E-state index is 12.2. The highest BCUT2D eigenvalue weighted by Gasteiger charge is 2.18. The number of benzene rings is 2. The SMILES string of the molecule is COc1ccc(C(=O)Oc2c(Br)cc(C(=O)O)cc2OC)cc1. The minimum absolute atomic E-state index is 0.0120. The number of aromatic carboxylic acids is 1. The number of methoxy groups -OCH3 is 2. The molecule has 0 aliphatic carbocycles. The average molecular weight is 381 g/mol. The Kier molecular flexibility index (Phi) is 5.23. The van der Waals surface area contributed by atoms with Crippen LogP contribution in [0.2, 0.25) is 0 Å². The molecule has 0 aliphatic rings. The second-order valence-electron chi connectivity index (χ2n) is 4.41. The average Bonchev–Trinajstić information content (AvgIpc) is 2.56. The highest BCUT2D eigenvalue weighted by molar-refractivity contribution is 9.10. The van der Waals surface area contributed by atoms with Crippen molar-refractivity contribution in [3.05, 3.63) is 52.0 Å². The molecule has 6 nitrogen and oxygen atoms in total. The first-order valence-corrected chi connectivity index (χ1v) is 7.22. The van der Waals surface area contributed by atoms with E-state index in [1.165, 1.54) is 26.4 Å². The highest BCUT2D eigenvalue weighted by Crippen LogP contribution is 2.37. The van der Waals surface area contributed by atoms with Crippen LogP contribution in [0.5, 0.6) is 17.2 Å². The third-order valence-electron chi connectivity index (χ3n) is 3.00. The van der Waals surface area contributed by atoms with Crippen molar-refractivity contribution in [2.45, 2.75) is 0 Å². The fraction of sp³-hybridized carbons (Fsp3) is 0.125. The van der Waals surface area contributed by atoms with Crippen molar-refractivity contribution in [2.75, 3.05) is 14.2 Å². The molecule has 0 unspecified atom stereocenters. The number of ether oxygens (including phenoxy) is 3. The van der Waals surface area contributed by atoms with Gasteiger partial charge in [-0.05, 0) is 52.3 Å². The Morgan fingerprint density at radius 2 is 1.65 bits per heavy atom. The van der Waals surface area contributed by atoms with Gasteiger partial charge in [0.2, 0.25) is 0 Å². The molecule has 0 amide bonds. The van der Waals surface area contributed by atoms with E-state index < -0.39 is 11.9 Å². The Balaban J connectivity index is 2.31. The van der Waals surface area contributed by atoms with Crippen molar-refractivity contribution in [1.82, 2.24) is 0 Å². The Bertz CT molecular complexity index is 739. The number of esters is 1. The summed E-state index contributed by atoms with van der Waals surface area (Å²) in [6.45, 7) is 0. The molecule has 2 rings (SSSR count). The molecule has 1 N–H and O–H groups in total. The first kappa shape index (κ1) is 16.8. The molecule has 0 saturated heterocycles. The van der Waals surface area contributed by atoms with Crippen LogP contribution in [0.3, 0.4) is 0 Å². The third-order valence-corrected chi connectivity index (χ3v) is 3.59. The van der Waals surface area contributed by atoms with Gasteiger partial charge in [-0.1, -0.05) is 0 Å². The molecule has 2 aromatic rings. The monoisotopic (exact) mass is 380 g/mol. The van der Waals surface area contributed by atoms with Crippen LogP contribution >= 0.6 is 15.9 Å². The number of carbonyl (C=O) groups excluding carboxylic acids is 1. The maximum Gasteiger partial charge on any atom is 0.343 e. The highest BCUT2D eigenvalue weighted by atomic mass is 79.9. The minimum Gasteiger partial charge on any atom is -0.497 e. The van der Waals surface area contributed by atoms with Gasteiger partial charge in [-0.2, -0.15) is 0 Å². The second-order valence-corrected chi connectivity index (χ2v) is 5.27. The van der Waals surface area contributed by atoms with Gasteiger partial charge in [0.1, 0.15) is 5.75 Å². The zero-order valence-corrected chi connectivity index (χ0v) is 13.9. The van der Waals surface area contributed by atoms with Gasteiger partial charge in [0, 0.05) is 0 Å². The number of hydrogen-bond acceptors (Lipinski definition) is 5. The number of carboxylic acids is 1. The van der Waals surface area contributed by atoms with Gasteiger partial charge in [-0.3, -0.25) is 0 Å². The lowest BCUT2D eigenvalue weighted by Gasteiger charge is -2.12. The van der Waals surface area contributed by atoms with Crippen molar-refractivity contribution in [2.24, 2.45) is 0 Å². The number of hydrogen-bond donors (Lipinski definition) is 1. The third kappa shape index (κ3) is 3.81. The van der Waals surface area contributed by atoms with E-state index in [0.717, 1.165) is 0 Å². The summed E-state index contributed by atoms with van der Waals surface area (Å²) in [6.07, 6.45) is 0. The lowest BCUT2D eigenvalue weighted by Crippen LogP contribution is -2.10. The summed E-state index contributed by atoms with van der Waals surface area (Å²) in [5.74, 6) is -0.852. The molecular weight excluding hydrogens is 368 g/mol. The molecule has 0 aromatic heterocycles. The van der Waals surface area contributed by atoms with Gasteiger partial charge < -0.3 is 19.3 Å². The summed E-state index contributed by atoms with van der Waals surface area (Å²) in [6, 6.07) is 9.01. The topological polar surface area (TPSA) is 82.1 Å². The maximum absolute atomic E-state index is 12.2. The van der Waals surface area contributed by atoms with E-state index in [4.69, 9.17) is 19.3 Å². The van der Waals surface area contributed by atoms with E-state index in [1.807, 2.05) is 0 Å². The lowest BCUT2D eigenvalue weighted by molar-refractivity contribution is 0.0696. The molecule has 7 heteroatoms. The summed E-state index contributed by atoms with van der Waals surface area (Å²) >= 11 is 3.19. The summed E-state index contributed by atoms with van der Waals surface area (Å²) in [5.41, 5.74) is 0.333. The number of carbonyl (C=O) groups is 2. The molecule has 0 saturated carbocycles. The van der Waals surface area contributed by atoms with E-state index in [2.05, 4.69) is 15.9 Å².